The van der Waals surface area contributed by atoms with E-state index in [4.69, 9.17) is 4.74 Å². The molecule has 7 nitrogen and oxygen atoms in total. The van der Waals surface area contributed by atoms with Gasteiger partial charge < -0.3 is 4.74 Å². The van der Waals surface area contributed by atoms with Crippen molar-refractivity contribution in [2.24, 2.45) is 0 Å². The zero-order valence-electron chi connectivity index (χ0n) is 11.5. The fourth-order valence-corrected chi connectivity index (χ4v) is 3.82. The van der Waals surface area contributed by atoms with Crippen LogP contribution in [0.1, 0.15) is 43.0 Å². The number of carbonyl (C=O) groups is 1. The van der Waals surface area contributed by atoms with E-state index in [2.05, 4.69) is 10.2 Å². The van der Waals surface area contributed by atoms with Gasteiger partial charge >= 0.3 is 5.97 Å². The zero-order valence-corrected chi connectivity index (χ0v) is 12.3. The number of hydrogen-bond acceptors (Lipinski definition) is 5. The van der Waals surface area contributed by atoms with Crippen molar-refractivity contribution in [2.75, 3.05) is 19.7 Å². The first kappa shape index (κ1) is 15.0. The Labute approximate surface area is 118 Å². The number of H-pyrrole nitrogens is 1. The molecule has 1 aliphatic heterocycles. The van der Waals surface area contributed by atoms with E-state index >= 15 is 0 Å². The lowest BCUT2D eigenvalue weighted by molar-refractivity contribution is 0.0521. The summed E-state index contributed by atoms with van der Waals surface area (Å²) in [6, 6.07) is 0. The fourth-order valence-electron chi connectivity index (χ4n) is 2.24. The SMILES string of the molecule is CCOC(=O)c1cn[nH]c1S(=O)(=O)N1CCCCCC1. The van der Waals surface area contributed by atoms with Crippen molar-refractivity contribution < 1.29 is 17.9 Å². The third kappa shape index (κ3) is 3.01. The lowest BCUT2D eigenvalue weighted by atomic mass is 10.2. The molecule has 0 saturated carbocycles. The number of ether oxygens (including phenoxy) is 1. The van der Waals surface area contributed by atoms with Crippen LogP contribution in [0, 0.1) is 0 Å². The van der Waals surface area contributed by atoms with E-state index in [1.807, 2.05) is 0 Å². The molecule has 0 atom stereocenters. The number of sulfonamides is 1. The number of esters is 1. The highest BCUT2D eigenvalue weighted by atomic mass is 32.2. The van der Waals surface area contributed by atoms with Crippen molar-refractivity contribution in [3.8, 4) is 0 Å². The molecule has 1 fully saturated rings. The third-order valence-corrected chi connectivity index (χ3v) is 5.13. The molecule has 2 rings (SSSR count). The summed E-state index contributed by atoms with van der Waals surface area (Å²) < 4.78 is 31.4. The number of aromatic nitrogens is 2. The van der Waals surface area contributed by atoms with E-state index in [1.165, 1.54) is 10.5 Å². The average molecular weight is 301 g/mol. The van der Waals surface area contributed by atoms with Gasteiger partial charge in [0.25, 0.3) is 10.0 Å². The van der Waals surface area contributed by atoms with Crippen molar-refractivity contribution in [3.05, 3.63) is 11.8 Å². The van der Waals surface area contributed by atoms with Crippen molar-refractivity contribution in [1.29, 1.82) is 0 Å². The minimum absolute atomic E-state index is 0.0314. The second kappa shape index (κ2) is 6.36. The lowest BCUT2D eigenvalue weighted by Crippen LogP contribution is -2.33. The summed E-state index contributed by atoms with van der Waals surface area (Å²) in [6.45, 7) is 2.81. The Balaban J connectivity index is 2.29. The molecule has 0 spiro atoms. The van der Waals surface area contributed by atoms with E-state index in [9.17, 15) is 13.2 Å². The van der Waals surface area contributed by atoms with Gasteiger partial charge in [-0.15, -0.1) is 0 Å². The van der Waals surface area contributed by atoms with Gasteiger partial charge in [-0.25, -0.2) is 13.2 Å². The molecule has 0 unspecified atom stereocenters. The number of aromatic amines is 1. The molecule has 20 heavy (non-hydrogen) atoms. The standard InChI is InChI=1S/C12H19N3O4S/c1-2-19-12(16)10-9-13-14-11(10)20(17,18)15-7-5-3-4-6-8-15/h9H,2-8H2,1H3,(H,13,14). The van der Waals surface area contributed by atoms with Crippen LogP contribution in [0.3, 0.4) is 0 Å². The van der Waals surface area contributed by atoms with Gasteiger partial charge in [-0.2, -0.15) is 9.40 Å². The first-order valence-electron chi connectivity index (χ1n) is 6.78. The summed E-state index contributed by atoms with van der Waals surface area (Å²) in [5.41, 5.74) is -0.0314. The molecule has 1 aromatic heterocycles. The Kier molecular flexibility index (Phi) is 4.77. The summed E-state index contributed by atoms with van der Waals surface area (Å²) >= 11 is 0. The van der Waals surface area contributed by atoms with E-state index in [1.54, 1.807) is 6.92 Å². The van der Waals surface area contributed by atoms with Crippen LogP contribution < -0.4 is 0 Å². The molecule has 0 aliphatic carbocycles. The highest BCUT2D eigenvalue weighted by Crippen LogP contribution is 2.21. The average Bonchev–Trinajstić information content (AvgIpc) is 2.75. The number of nitrogens with zero attached hydrogens (tertiary/aromatic N) is 2. The van der Waals surface area contributed by atoms with Crippen LogP contribution >= 0.6 is 0 Å². The Hall–Kier alpha value is -1.41. The van der Waals surface area contributed by atoms with Gasteiger partial charge in [0.15, 0.2) is 5.03 Å². The number of carbonyl (C=O) groups excluding carboxylic acids is 1. The first-order valence-corrected chi connectivity index (χ1v) is 8.22. The minimum atomic E-state index is -3.72. The predicted molar refractivity (Wildman–Crippen MR) is 71.8 cm³/mol. The summed E-state index contributed by atoms with van der Waals surface area (Å²) in [6.07, 6.45) is 4.92. The monoisotopic (exact) mass is 301 g/mol. The van der Waals surface area contributed by atoms with Crippen molar-refractivity contribution in [3.63, 3.8) is 0 Å². The van der Waals surface area contributed by atoms with E-state index < -0.39 is 16.0 Å². The molecule has 8 heteroatoms. The van der Waals surface area contributed by atoms with Gasteiger partial charge in [0.05, 0.1) is 12.8 Å². The maximum Gasteiger partial charge on any atom is 0.342 e. The van der Waals surface area contributed by atoms with Crippen LogP contribution in [0.25, 0.3) is 0 Å². The van der Waals surface area contributed by atoms with Gasteiger partial charge in [0.1, 0.15) is 5.56 Å². The Morgan fingerprint density at radius 2 is 2.00 bits per heavy atom. The predicted octanol–water partition coefficient (Wildman–Crippen LogP) is 1.15. The summed E-state index contributed by atoms with van der Waals surface area (Å²) in [5, 5.41) is 5.93. The maximum atomic E-state index is 12.6. The number of nitrogens with one attached hydrogen (secondary N) is 1. The van der Waals surface area contributed by atoms with Crippen LogP contribution in [-0.2, 0) is 14.8 Å². The molecule has 112 valence electrons. The van der Waals surface area contributed by atoms with Crippen molar-refractivity contribution in [1.82, 2.24) is 14.5 Å². The van der Waals surface area contributed by atoms with Crippen LogP contribution in [0.2, 0.25) is 0 Å². The highest BCUT2D eigenvalue weighted by molar-refractivity contribution is 7.89. The maximum absolute atomic E-state index is 12.6. The number of hydrogen-bond donors (Lipinski definition) is 1. The molecular formula is C12H19N3O4S. The summed E-state index contributed by atoms with van der Waals surface area (Å²) in [5.74, 6) is -0.672. The Morgan fingerprint density at radius 3 is 2.60 bits per heavy atom. The van der Waals surface area contributed by atoms with Gasteiger partial charge in [0, 0.05) is 13.1 Å². The lowest BCUT2D eigenvalue weighted by Gasteiger charge is -2.19. The quantitative estimate of drug-likeness (QED) is 0.842. The van der Waals surface area contributed by atoms with E-state index in [0.717, 1.165) is 25.7 Å². The molecule has 1 aliphatic rings. The second-order valence-corrected chi connectivity index (χ2v) is 6.53. The smallest absolute Gasteiger partial charge is 0.342 e. The summed E-state index contributed by atoms with van der Waals surface area (Å²) in [7, 11) is -3.72. The summed E-state index contributed by atoms with van der Waals surface area (Å²) in [4.78, 5) is 11.8. The molecular weight excluding hydrogens is 282 g/mol. The van der Waals surface area contributed by atoms with Gasteiger partial charge in [-0.3, -0.25) is 5.10 Å². The molecule has 1 N–H and O–H groups in total. The fraction of sp³-hybridized carbons (Fsp3) is 0.667. The second-order valence-electron chi connectivity index (χ2n) is 4.65. The molecule has 0 aromatic carbocycles. The van der Waals surface area contributed by atoms with E-state index in [-0.39, 0.29) is 17.2 Å². The van der Waals surface area contributed by atoms with Crippen LogP contribution in [0.5, 0.6) is 0 Å². The Bertz CT molecular complexity index is 559. The molecule has 0 radical (unpaired) electrons. The van der Waals surface area contributed by atoms with Crippen molar-refractivity contribution in [2.45, 2.75) is 37.6 Å². The minimum Gasteiger partial charge on any atom is -0.462 e. The molecule has 1 saturated heterocycles. The van der Waals surface area contributed by atoms with Crippen molar-refractivity contribution >= 4 is 16.0 Å². The van der Waals surface area contributed by atoms with Gasteiger partial charge in [-0.1, -0.05) is 12.8 Å². The molecule has 1 aromatic rings. The molecule has 0 amide bonds. The van der Waals surface area contributed by atoms with Gasteiger partial charge in [-0.05, 0) is 19.8 Å². The molecule has 0 bridgehead atoms. The van der Waals surface area contributed by atoms with Gasteiger partial charge in [0.2, 0.25) is 0 Å². The third-order valence-electron chi connectivity index (χ3n) is 3.26. The van der Waals surface area contributed by atoms with Crippen LogP contribution in [0.4, 0.5) is 0 Å². The highest BCUT2D eigenvalue weighted by Gasteiger charge is 2.31. The van der Waals surface area contributed by atoms with Crippen LogP contribution in [0.15, 0.2) is 11.2 Å². The largest absolute Gasteiger partial charge is 0.462 e. The first-order chi connectivity index (χ1) is 9.57. The Morgan fingerprint density at radius 1 is 1.35 bits per heavy atom. The number of rotatable bonds is 4. The zero-order chi connectivity index (χ0) is 14.6. The topological polar surface area (TPSA) is 92.4 Å². The molecule has 2 heterocycles. The van der Waals surface area contributed by atoms with E-state index in [0.29, 0.717) is 13.1 Å². The van der Waals surface area contributed by atoms with Crippen LogP contribution in [-0.4, -0.2) is 48.6 Å². The normalized spacial score (nSPS) is 17.6.